The van der Waals surface area contributed by atoms with Gasteiger partial charge in [-0.2, -0.15) is 0 Å². The van der Waals surface area contributed by atoms with Crippen LogP contribution in [-0.4, -0.2) is 54.6 Å². The van der Waals surface area contributed by atoms with Gasteiger partial charge in [0.05, 0.1) is 25.4 Å². The average Bonchev–Trinajstić information content (AvgIpc) is 3.13. The van der Waals surface area contributed by atoms with Crippen molar-refractivity contribution in [3.05, 3.63) is 39.8 Å². The van der Waals surface area contributed by atoms with Crippen LogP contribution in [0.5, 0.6) is 5.75 Å². The number of nitrogens with zero attached hydrogens (tertiary/aromatic N) is 3. The number of hydrogen-bond acceptors (Lipinski definition) is 6. The molecule has 1 fully saturated rings. The molecule has 0 bridgehead atoms. The highest BCUT2D eigenvalue weighted by Gasteiger charge is 2.27. The zero-order valence-electron chi connectivity index (χ0n) is 14.4. The summed E-state index contributed by atoms with van der Waals surface area (Å²) in [7, 11) is 0. The van der Waals surface area contributed by atoms with Crippen LogP contribution in [0.25, 0.3) is 0 Å². The first-order valence-corrected chi connectivity index (χ1v) is 9.35. The molecule has 2 amide bonds. The van der Waals surface area contributed by atoms with Crippen LogP contribution in [0.2, 0.25) is 0 Å². The van der Waals surface area contributed by atoms with Crippen LogP contribution in [0.3, 0.4) is 0 Å². The summed E-state index contributed by atoms with van der Waals surface area (Å²) >= 11 is 1.39. The molecule has 7 nitrogen and oxygen atoms in total. The van der Waals surface area contributed by atoms with E-state index >= 15 is 0 Å². The molecular formula is C18H19N3O4S. The second-order valence-electron chi connectivity index (χ2n) is 6.27. The number of thiazole rings is 1. The molecule has 1 aromatic carbocycles. The largest absolute Gasteiger partial charge is 0.482 e. The molecule has 4 rings (SSSR count). The predicted octanol–water partition coefficient (Wildman–Crippen LogP) is 1.85. The number of anilines is 1. The van der Waals surface area contributed by atoms with E-state index in [2.05, 4.69) is 4.98 Å². The molecule has 0 radical (unpaired) electrons. The van der Waals surface area contributed by atoms with Crippen molar-refractivity contribution in [2.45, 2.75) is 13.5 Å². The maximum Gasteiger partial charge on any atom is 0.273 e. The first-order valence-electron chi connectivity index (χ1n) is 8.47. The summed E-state index contributed by atoms with van der Waals surface area (Å²) in [5.41, 5.74) is 2.24. The Kier molecular flexibility index (Phi) is 4.60. The molecule has 2 aliphatic heterocycles. The predicted molar refractivity (Wildman–Crippen MR) is 96.7 cm³/mol. The van der Waals surface area contributed by atoms with E-state index in [0.29, 0.717) is 44.3 Å². The number of hydrogen-bond donors (Lipinski definition) is 0. The molecule has 0 saturated carbocycles. The van der Waals surface area contributed by atoms with Gasteiger partial charge in [-0.3, -0.25) is 14.5 Å². The lowest BCUT2D eigenvalue weighted by atomic mass is 10.1. The molecule has 0 spiro atoms. The van der Waals surface area contributed by atoms with E-state index in [9.17, 15) is 9.59 Å². The molecule has 1 aromatic heterocycles. The van der Waals surface area contributed by atoms with Crippen molar-refractivity contribution in [3.63, 3.8) is 0 Å². The minimum Gasteiger partial charge on any atom is -0.482 e. The summed E-state index contributed by atoms with van der Waals surface area (Å²) in [6.45, 7) is 4.61. The van der Waals surface area contributed by atoms with E-state index < -0.39 is 0 Å². The highest BCUT2D eigenvalue weighted by molar-refractivity contribution is 7.09. The van der Waals surface area contributed by atoms with Crippen LogP contribution in [0.1, 0.15) is 21.1 Å². The third-order valence-corrected chi connectivity index (χ3v) is 5.25. The van der Waals surface area contributed by atoms with Gasteiger partial charge in [-0.15, -0.1) is 11.3 Å². The zero-order valence-corrected chi connectivity index (χ0v) is 15.3. The van der Waals surface area contributed by atoms with E-state index in [4.69, 9.17) is 9.47 Å². The lowest BCUT2D eigenvalue weighted by Gasteiger charge is -2.29. The highest BCUT2D eigenvalue weighted by atomic mass is 32.1. The number of aromatic nitrogens is 1. The topological polar surface area (TPSA) is 72.0 Å². The van der Waals surface area contributed by atoms with E-state index in [1.54, 1.807) is 15.2 Å². The van der Waals surface area contributed by atoms with Crippen molar-refractivity contribution >= 4 is 28.8 Å². The lowest BCUT2D eigenvalue weighted by molar-refractivity contribution is -0.121. The van der Waals surface area contributed by atoms with Crippen LogP contribution in [0.15, 0.2) is 23.6 Å². The number of amides is 2. The number of fused-ring (bicyclic) bond motifs is 1. The summed E-state index contributed by atoms with van der Waals surface area (Å²) in [5, 5.41) is 2.48. The number of rotatable bonds is 3. The molecule has 3 heterocycles. The lowest BCUT2D eigenvalue weighted by Crippen LogP contribution is -2.41. The normalized spacial score (nSPS) is 17.0. The Morgan fingerprint density at radius 3 is 2.92 bits per heavy atom. The van der Waals surface area contributed by atoms with Crippen molar-refractivity contribution in [2.75, 3.05) is 37.8 Å². The molecule has 0 aliphatic carbocycles. The second-order valence-corrected chi connectivity index (χ2v) is 7.21. The maximum atomic E-state index is 12.5. The van der Waals surface area contributed by atoms with Gasteiger partial charge in [0, 0.05) is 18.5 Å². The minimum atomic E-state index is -0.113. The van der Waals surface area contributed by atoms with Gasteiger partial charge in [-0.1, -0.05) is 6.07 Å². The summed E-state index contributed by atoms with van der Waals surface area (Å²) in [4.78, 5) is 32.7. The van der Waals surface area contributed by atoms with Gasteiger partial charge in [0.1, 0.15) is 16.5 Å². The first-order chi connectivity index (χ1) is 12.6. The second kappa shape index (κ2) is 7.05. The summed E-state index contributed by atoms with van der Waals surface area (Å²) < 4.78 is 10.8. The SMILES string of the molecule is Cc1ccc2c(c1)OCC(=O)N2Cc1nc(C(=O)N2CCOCC2)cs1. The first kappa shape index (κ1) is 17.0. The standard InChI is InChI=1S/C18H19N3O4S/c1-12-2-3-14-15(8-12)25-10-17(22)21(14)9-16-19-13(11-26-16)18(23)20-4-6-24-7-5-20/h2-3,8,11H,4-7,9-10H2,1H3. The summed E-state index contributed by atoms with van der Waals surface area (Å²) in [5.74, 6) is 0.503. The van der Waals surface area contributed by atoms with Crippen molar-refractivity contribution in [1.29, 1.82) is 0 Å². The van der Waals surface area contributed by atoms with Crippen molar-refractivity contribution in [3.8, 4) is 5.75 Å². The molecule has 0 N–H and O–H groups in total. The smallest absolute Gasteiger partial charge is 0.273 e. The highest BCUT2D eigenvalue weighted by Crippen LogP contribution is 2.34. The van der Waals surface area contributed by atoms with Gasteiger partial charge >= 0.3 is 0 Å². The molecule has 2 aromatic rings. The maximum absolute atomic E-state index is 12.5. The van der Waals surface area contributed by atoms with E-state index in [-0.39, 0.29) is 18.4 Å². The third kappa shape index (κ3) is 3.30. The Balaban J connectivity index is 1.52. The summed E-state index contributed by atoms with van der Waals surface area (Å²) in [6, 6.07) is 5.75. The van der Waals surface area contributed by atoms with Crippen molar-refractivity contribution < 1.29 is 19.1 Å². The number of carbonyl (C=O) groups excluding carboxylic acids is 2. The van der Waals surface area contributed by atoms with Gasteiger partial charge in [0.25, 0.3) is 11.8 Å². The van der Waals surface area contributed by atoms with E-state index in [1.807, 2.05) is 25.1 Å². The Morgan fingerprint density at radius 1 is 1.31 bits per heavy atom. The van der Waals surface area contributed by atoms with Crippen LogP contribution in [-0.2, 0) is 16.1 Å². The Bertz CT molecular complexity index is 845. The molecule has 1 saturated heterocycles. The molecule has 8 heteroatoms. The quantitative estimate of drug-likeness (QED) is 0.821. The Labute approximate surface area is 155 Å². The van der Waals surface area contributed by atoms with Gasteiger partial charge in [0.15, 0.2) is 6.61 Å². The van der Waals surface area contributed by atoms with Gasteiger partial charge in [-0.25, -0.2) is 4.98 Å². The number of aryl methyl sites for hydroxylation is 1. The molecule has 2 aliphatic rings. The summed E-state index contributed by atoms with van der Waals surface area (Å²) in [6.07, 6.45) is 0. The fourth-order valence-electron chi connectivity index (χ4n) is 3.03. The minimum absolute atomic E-state index is 0.0153. The van der Waals surface area contributed by atoms with Crippen LogP contribution in [0.4, 0.5) is 5.69 Å². The molecule has 136 valence electrons. The van der Waals surface area contributed by atoms with Gasteiger partial charge in [-0.05, 0) is 24.6 Å². The number of morpholine rings is 1. The average molecular weight is 373 g/mol. The van der Waals surface area contributed by atoms with Crippen LogP contribution >= 0.6 is 11.3 Å². The Morgan fingerprint density at radius 2 is 2.12 bits per heavy atom. The third-order valence-electron chi connectivity index (χ3n) is 4.42. The molecular weight excluding hydrogens is 354 g/mol. The van der Waals surface area contributed by atoms with Crippen molar-refractivity contribution in [1.82, 2.24) is 9.88 Å². The number of ether oxygens (including phenoxy) is 2. The number of carbonyl (C=O) groups is 2. The van der Waals surface area contributed by atoms with Gasteiger partial charge in [0.2, 0.25) is 0 Å². The monoisotopic (exact) mass is 373 g/mol. The van der Waals surface area contributed by atoms with Crippen molar-refractivity contribution in [2.24, 2.45) is 0 Å². The van der Waals surface area contributed by atoms with E-state index in [1.165, 1.54) is 11.3 Å². The number of benzene rings is 1. The zero-order chi connectivity index (χ0) is 18.1. The van der Waals surface area contributed by atoms with E-state index in [0.717, 1.165) is 16.3 Å². The molecule has 0 atom stereocenters. The van der Waals surface area contributed by atoms with Crippen LogP contribution in [0, 0.1) is 6.92 Å². The molecule has 26 heavy (non-hydrogen) atoms. The molecule has 0 unspecified atom stereocenters. The fraction of sp³-hybridized carbons (Fsp3) is 0.389. The Hall–Kier alpha value is -2.45. The van der Waals surface area contributed by atoms with Crippen LogP contribution < -0.4 is 9.64 Å². The fourth-order valence-corrected chi connectivity index (χ4v) is 3.79. The van der Waals surface area contributed by atoms with Gasteiger partial charge < -0.3 is 14.4 Å².